The normalized spacial score (nSPS) is 10.6. The molecule has 3 aromatic rings. The molecular formula is C17H11F2NO4. The molecule has 0 aliphatic carbocycles. The van der Waals surface area contributed by atoms with Crippen molar-refractivity contribution in [2.24, 2.45) is 0 Å². The molecule has 0 radical (unpaired) electrons. The monoisotopic (exact) mass is 331 g/mol. The maximum Gasteiger partial charge on any atom is 0.258 e. The molecule has 24 heavy (non-hydrogen) atoms. The van der Waals surface area contributed by atoms with Gasteiger partial charge in [-0.05, 0) is 30.3 Å². The van der Waals surface area contributed by atoms with Crippen molar-refractivity contribution in [3.63, 3.8) is 0 Å². The van der Waals surface area contributed by atoms with Crippen LogP contribution in [0.5, 0.6) is 11.5 Å². The smallest absolute Gasteiger partial charge is 0.258 e. The van der Waals surface area contributed by atoms with Gasteiger partial charge in [0.25, 0.3) is 5.91 Å². The Kier molecular flexibility index (Phi) is 3.91. The van der Waals surface area contributed by atoms with Gasteiger partial charge in [-0.15, -0.1) is 0 Å². The van der Waals surface area contributed by atoms with Gasteiger partial charge in [0.2, 0.25) is 17.4 Å². The summed E-state index contributed by atoms with van der Waals surface area (Å²) in [6.45, 7) is 0. The molecule has 0 saturated heterocycles. The lowest BCUT2D eigenvalue weighted by atomic mass is 10.1. The Hall–Kier alpha value is -3.35. The van der Waals surface area contributed by atoms with E-state index < -0.39 is 40.7 Å². The van der Waals surface area contributed by atoms with Crippen LogP contribution >= 0.6 is 0 Å². The number of halogens is 2. The number of anilines is 1. The Labute approximate surface area is 134 Å². The van der Waals surface area contributed by atoms with E-state index in [9.17, 15) is 23.8 Å². The molecule has 0 spiro atoms. The van der Waals surface area contributed by atoms with Gasteiger partial charge in [0.15, 0.2) is 5.76 Å². The minimum atomic E-state index is -0.860. The second-order valence-corrected chi connectivity index (χ2v) is 4.90. The molecule has 2 aromatic carbocycles. The van der Waals surface area contributed by atoms with Crippen LogP contribution < -0.4 is 5.32 Å². The zero-order valence-corrected chi connectivity index (χ0v) is 12.1. The number of hydrogen-bond acceptors (Lipinski definition) is 4. The van der Waals surface area contributed by atoms with Crippen molar-refractivity contribution in [1.29, 1.82) is 0 Å². The van der Waals surface area contributed by atoms with Crippen LogP contribution in [0.15, 0.2) is 52.9 Å². The van der Waals surface area contributed by atoms with Gasteiger partial charge in [0.05, 0.1) is 5.56 Å². The van der Waals surface area contributed by atoms with Gasteiger partial charge in [-0.3, -0.25) is 10.1 Å². The predicted octanol–water partition coefficient (Wildman–Crippen LogP) is 3.89. The summed E-state index contributed by atoms with van der Waals surface area (Å²) in [4.78, 5) is 12.0. The summed E-state index contributed by atoms with van der Waals surface area (Å²) >= 11 is 0. The first-order valence-electron chi connectivity index (χ1n) is 6.84. The number of carbonyl (C=O) groups excluding carboxylic acids is 1. The topological polar surface area (TPSA) is 82.7 Å². The van der Waals surface area contributed by atoms with Gasteiger partial charge in [0.1, 0.15) is 11.6 Å². The molecule has 0 atom stereocenters. The summed E-state index contributed by atoms with van der Waals surface area (Å²) in [5, 5.41) is 22.0. The average molecular weight is 331 g/mol. The summed E-state index contributed by atoms with van der Waals surface area (Å²) in [6.07, 6.45) is 0. The maximum absolute atomic E-state index is 13.8. The van der Waals surface area contributed by atoms with E-state index in [1.165, 1.54) is 12.1 Å². The largest absolute Gasteiger partial charge is 0.502 e. The molecule has 1 aromatic heterocycles. The molecule has 0 bridgehead atoms. The zero-order valence-electron chi connectivity index (χ0n) is 12.1. The fraction of sp³-hybridized carbons (Fsp3) is 0. The van der Waals surface area contributed by atoms with Gasteiger partial charge in [0, 0.05) is 5.56 Å². The number of aromatic hydroxyl groups is 2. The van der Waals surface area contributed by atoms with Crippen molar-refractivity contribution in [3.8, 4) is 22.8 Å². The van der Waals surface area contributed by atoms with Gasteiger partial charge in [-0.1, -0.05) is 18.2 Å². The summed E-state index contributed by atoms with van der Waals surface area (Å²) in [5.41, 5.74) is -0.103. The van der Waals surface area contributed by atoms with Crippen molar-refractivity contribution in [2.45, 2.75) is 0 Å². The lowest BCUT2D eigenvalue weighted by Gasteiger charge is -2.02. The summed E-state index contributed by atoms with van der Waals surface area (Å²) in [6, 6.07) is 10.6. The van der Waals surface area contributed by atoms with Crippen molar-refractivity contribution in [2.75, 3.05) is 5.32 Å². The lowest BCUT2D eigenvalue weighted by molar-refractivity contribution is 0.102. The minimum Gasteiger partial charge on any atom is -0.502 e. The third-order valence-electron chi connectivity index (χ3n) is 3.29. The number of benzene rings is 2. The first kappa shape index (κ1) is 15.5. The average Bonchev–Trinajstić information content (AvgIpc) is 2.86. The molecule has 3 rings (SSSR count). The van der Waals surface area contributed by atoms with Crippen LogP contribution in [0.4, 0.5) is 14.7 Å². The van der Waals surface area contributed by atoms with Crippen LogP contribution in [0.1, 0.15) is 10.4 Å². The van der Waals surface area contributed by atoms with Crippen LogP contribution in [0.25, 0.3) is 11.3 Å². The highest BCUT2D eigenvalue weighted by Gasteiger charge is 2.24. The standard InChI is InChI=1S/C17H11F2NO4/c18-10-6-7-12(19)11(8-10)15-13(21)14(22)17(24-15)20-16(23)9-4-2-1-3-5-9/h1-8,21-22H,(H,20,23). The Morgan fingerprint density at radius 3 is 2.42 bits per heavy atom. The van der Waals surface area contributed by atoms with Crippen molar-refractivity contribution in [3.05, 3.63) is 65.7 Å². The Morgan fingerprint density at radius 2 is 1.71 bits per heavy atom. The first-order chi connectivity index (χ1) is 11.5. The SMILES string of the molecule is O=C(Nc1oc(-c2cc(F)ccc2F)c(O)c1O)c1ccccc1. The van der Waals surface area contributed by atoms with Crippen molar-refractivity contribution >= 4 is 11.8 Å². The predicted molar refractivity (Wildman–Crippen MR) is 81.8 cm³/mol. The highest BCUT2D eigenvalue weighted by atomic mass is 19.1. The molecule has 5 nitrogen and oxygen atoms in total. The maximum atomic E-state index is 13.8. The summed E-state index contributed by atoms with van der Waals surface area (Å²) in [7, 11) is 0. The van der Waals surface area contributed by atoms with E-state index in [0.717, 1.165) is 18.2 Å². The van der Waals surface area contributed by atoms with E-state index in [0.29, 0.717) is 0 Å². The lowest BCUT2D eigenvalue weighted by Crippen LogP contribution is -2.11. The molecule has 0 aliphatic heterocycles. The van der Waals surface area contributed by atoms with Crippen LogP contribution in [0.2, 0.25) is 0 Å². The molecule has 0 saturated carbocycles. The highest BCUT2D eigenvalue weighted by molar-refractivity contribution is 6.04. The van der Waals surface area contributed by atoms with E-state index in [2.05, 4.69) is 5.32 Å². The highest BCUT2D eigenvalue weighted by Crippen LogP contribution is 2.46. The number of furan rings is 1. The molecule has 122 valence electrons. The van der Waals surface area contributed by atoms with Gasteiger partial charge < -0.3 is 14.6 Å². The van der Waals surface area contributed by atoms with Crippen LogP contribution in [0, 0.1) is 11.6 Å². The second kappa shape index (κ2) is 6.04. The van der Waals surface area contributed by atoms with Crippen molar-refractivity contribution in [1.82, 2.24) is 0 Å². The van der Waals surface area contributed by atoms with Gasteiger partial charge in [-0.25, -0.2) is 8.78 Å². The van der Waals surface area contributed by atoms with Gasteiger partial charge >= 0.3 is 0 Å². The third kappa shape index (κ3) is 2.79. The number of nitrogens with one attached hydrogen (secondary N) is 1. The molecule has 1 amide bonds. The van der Waals surface area contributed by atoms with Crippen LogP contribution in [-0.4, -0.2) is 16.1 Å². The molecule has 0 aliphatic rings. The molecule has 7 heteroatoms. The molecule has 1 heterocycles. The Bertz CT molecular complexity index is 906. The Morgan fingerprint density at radius 1 is 1.00 bits per heavy atom. The van der Waals surface area contributed by atoms with Crippen molar-refractivity contribution < 1.29 is 28.2 Å². The van der Waals surface area contributed by atoms with E-state index in [4.69, 9.17) is 4.42 Å². The minimum absolute atomic E-state index is 0.284. The van der Waals surface area contributed by atoms with E-state index >= 15 is 0 Å². The number of rotatable bonds is 3. The molecule has 0 unspecified atom stereocenters. The molecule has 3 N–H and O–H groups in total. The quantitative estimate of drug-likeness (QED) is 0.680. The van der Waals surface area contributed by atoms with E-state index in [1.807, 2.05) is 0 Å². The fourth-order valence-corrected chi connectivity index (χ4v) is 2.12. The van der Waals surface area contributed by atoms with Crippen LogP contribution in [-0.2, 0) is 0 Å². The molecule has 0 fully saturated rings. The Balaban J connectivity index is 1.97. The summed E-state index contributed by atoms with van der Waals surface area (Å²) < 4.78 is 32.2. The molecular weight excluding hydrogens is 320 g/mol. The first-order valence-corrected chi connectivity index (χ1v) is 6.84. The van der Waals surface area contributed by atoms with E-state index in [-0.39, 0.29) is 11.1 Å². The van der Waals surface area contributed by atoms with Crippen LogP contribution in [0.3, 0.4) is 0 Å². The van der Waals surface area contributed by atoms with Gasteiger partial charge in [-0.2, -0.15) is 0 Å². The third-order valence-corrected chi connectivity index (χ3v) is 3.29. The summed E-state index contributed by atoms with van der Waals surface area (Å²) in [5.74, 6) is -4.77. The number of amides is 1. The number of carbonyl (C=O) groups is 1. The zero-order chi connectivity index (χ0) is 17.3. The number of hydrogen-bond donors (Lipinski definition) is 3. The fourth-order valence-electron chi connectivity index (χ4n) is 2.12. The van der Waals surface area contributed by atoms with E-state index in [1.54, 1.807) is 18.2 Å². The second-order valence-electron chi connectivity index (χ2n) is 4.90.